The number of rotatable bonds is 6. The van der Waals surface area contributed by atoms with E-state index in [1.54, 1.807) is 10.9 Å². The second-order valence-corrected chi connectivity index (χ2v) is 8.50. The molecule has 0 radical (unpaired) electrons. The Morgan fingerprint density at radius 1 is 1.16 bits per heavy atom. The quantitative estimate of drug-likeness (QED) is 0.826. The average Bonchev–Trinajstić information content (AvgIpc) is 2.97. The highest BCUT2D eigenvalue weighted by Gasteiger charge is 2.54. The number of nitrogens with zero attached hydrogens (tertiary/aromatic N) is 2. The Hall–Kier alpha value is -1.85. The Morgan fingerprint density at radius 3 is 2.36 bits per heavy atom. The minimum atomic E-state index is -0.124. The molecule has 6 heteroatoms. The van der Waals surface area contributed by atoms with Crippen molar-refractivity contribution in [1.29, 1.82) is 0 Å². The normalized spacial score (nSPS) is 32.6. The lowest BCUT2D eigenvalue weighted by Crippen LogP contribution is -2.53. The Bertz CT molecular complexity index is 631. The number of carbonyl (C=O) groups excluding carboxylic acids is 2. The van der Waals surface area contributed by atoms with Crippen LogP contribution in [0.5, 0.6) is 0 Å². The van der Waals surface area contributed by atoms with Gasteiger partial charge in [0.1, 0.15) is 0 Å². The predicted molar refractivity (Wildman–Crippen MR) is 93.3 cm³/mol. The summed E-state index contributed by atoms with van der Waals surface area (Å²) in [7, 11) is 1.85. The van der Waals surface area contributed by atoms with E-state index in [1.165, 1.54) is 19.3 Å². The third-order valence-electron chi connectivity index (χ3n) is 6.41. The largest absolute Gasteiger partial charge is 0.355 e. The van der Waals surface area contributed by atoms with Gasteiger partial charge in [0.25, 0.3) is 0 Å². The number of aromatic nitrogens is 2. The molecule has 4 aliphatic rings. The standard InChI is InChI=1S/C19H28N4O2/c1-23-12-16(11-22-23)10-21-17(24)2-3-20-18(25)19-7-13-4-14(8-19)6-15(5-13)9-19/h11-15H,2-10H2,1H3,(H,20,25)(H,21,24). The van der Waals surface area contributed by atoms with E-state index in [9.17, 15) is 9.59 Å². The molecule has 2 N–H and O–H groups in total. The minimum Gasteiger partial charge on any atom is -0.355 e. The molecule has 0 saturated heterocycles. The zero-order valence-electron chi connectivity index (χ0n) is 15.0. The lowest BCUT2D eigenvalue weighted by Gasteiger charge is -2.55. The zero-order chi connectivity index (χ0) is 17.4. The van der Waals surface area contributed by atoms with Gasteiger partial charge in [-0.15, -0.1) is 0 Å². The number of nitrogens with one attached hydrogen (secondary N) is 2. The summed E-state index contributed by atoms with van der Waals surface area (Å²) in [6.07, 6.45) is 11.2. The average molecular weight is 344 g/mol. The predicted octanol–water partition coefficient (Wildman–Crippen LogP) is 1.76. The molecule has 2 amide bonds. The fourth-order valence-electron chi connectivity index (χ4n) is 5.72. The van der Waals surface area contributed by atoms with Crippen LogP contribution < -0.4 is 10.6 Å². The van der Waals surface area contributed by atoms with E-state index in [1.807, 2.05) is 13.2 Å². The summed E-state index contributed by atoms with van der Waals surface area (Å²) in [6.45, 7) is 0.912. The molecule has 4 saturated carbocycles. The summed E-state index contributed by atoms with van der Waals surface area (Å²) in [5, 5.41) is 10.0. The van der Waals surface area contributed by atoms with Crippen molar-refractivity contribution in [2.75, 3.05) is 6.54 Å². The molecule has 0 aliphatic heterocycles. The summed E-state index contributed by atoms with van der Waals surface area (Å²) in [6, 6.07) is 0. The Labute approximate surface area is 148 Å². The van der Waals surface area contributed by atoms with Crippen LogP contribution in [0.3, 0.4) is 0 Å². The molecule has 136 valence electrons. The van der Waals surface area contributed by atoms with Gasteiger partial charge in [0.15, 0.2) is 0 Å². The second kappa shape index (κ2) is 6.46. The molecule has 1 heterocycles. The summed E-state index contributed by atoms with van der Waals surface area (Å²) in [5.74, 6) is 2.46. The van der Waals surface area contributed by atoms with Crippen molar-refractivity contribution in [2.24, 2.45) is 30.2 Å². The first-order chi connectivity index (χ1) is 12.0. The van der Waals surface area contributed by atoms with Crippen molar-refractivity contribution in [3.05, 3.63) is 18.0 Å². The molecule has 1 aromatic heterocycles. The maximum Gasteiger partial charge on any atom is 0.226 e. The molecule has 0 unspecified atom stereocenters. The molecule has 4 bridgehead atoms. The number of aryl methyl sites for hydroxylation is 1. The van der Waals surface area contributed by atoms with Gasteiger partial charge in [-0.25, -0.2) is 0 Å². The SMILES string of the molecule is Cn1cc(CNC(=O)CCNC(=O)C23CC4CC(CC(C4)C2)C3)cn1. The van der Waals surface area contributed by atoms with E-state index in [4.69, 9.17) is 0 Å². The molecule has 1 aromatic rings. The molecule has 0 aromatic carbocycles. The van der Waals surface area contributed by atoms with Crippen LogP contribution in [0, 0.1) is 23.2 Å². The second-order valence-electron chi connectivity index (χ2n) is 8.50. The van der Waals surface area contributed by atoms with Crippen molar-refractivity contribution in [1.82, 2.24) is 20.4 Å². The third-order valence-corrected chi connectivity index (χ3v) is 6.41. The lowest BCUT2D eigenvalue weighted by atomic mass is 9.49. The summed E-state index contributed by atoms with van der Waals surface area (Å²) >= 11 is 0. The molecule has 6 nitrogen and oxygen atoms in total. The van der Waals surface area contributed by atoms with E-state index < -0.39 is 0 Å². The van der Waals surface area contributed by atoms with Gasteiger partial charge >= 0.3 is 0 Å². The molecule has 4 fully saturated rings. The first-order valence-electron chi connectivity index (χ1n) is 9.55. The third kappa shape index (κ3) is 3.44. The monoisotopic (exact) mass is 344 g/mol. The van der Waals surface area contributed by atoms with Crippen LogP contribution in [0.4, 0.5) is 0 Å². The van der Waals surface area contributed by atoms with Crippen molar-refractivity contribution in [3.63, 3.8) is 0 Å². The van der Waals surface area contributed by atoms with E-state index in [0.717, 1.165) is 42.6 Å². The van der Waals surface area contributed by atoms with E-state index in [0.29, 0.717) is 19.5 Å². The highest BCUT2D eigenvalue weighted by Crippen LogP contribution is 2.60. The zero-order valence-corrected chi connectivity index (χ0v) is 15.0. The summed E-state index contributed by atoms with van der Waals surface area (Å²) in [4.78, 5) is 24.8. The number of carbonyl (C=O) groups is 2. The van der Waals surface area contributed by atoms with Gasteiger partial charge in [0.2, 0.25) is 11.8 Å². The fraction of sp³-hybridized carbons (Fsp3) is 0.737. The van der Waals surface area contributed by atoms with Crippen molar-refractivity contribution < 1.29 is 9.59 Å². The Balaban J connectivity index is 1.22. The first-order valence-corrected chi connectivity index (χ1v) is 9.55. The van der Waals surface area contributed by atoms with Crippen LogP contribution in [-0.4, -0.2) is 28.1 Å². The topological polar surface area (TPSA) is 76.0 Å². The van der Waals surface area contributed by atoms with Gasteiger partial charge in [-0.1, -0.05) is 0 Å². The summed E-state index contributed by atoms with van der Waals surface area (Å²) in [5.41, 5.74) is 0.856. The van der Waals surface area contributed by atoms with Crippen molar-refractivity contribution in [2.45, 2.75) is 51.5 Å². The maximum absolute atomic E-state index is 12.8. The Kier molecular flexibility index (Phi) is 4.29. The van der Waals surface area contributed by atoms with Gasteiger partial charge in [0, 0.05) is 43.7 Å². The van der Waals surface area contributed by atoms with Gasteiger partial charge in [-0.05, 0) is 56.3 Å². The number of hydrogen-bond donors (Lipinski definition) is 2. The molecule has 0 atom stereocenters. The maximum atomic E-state index is 12.8. The molecule has 4 aliphatic carbocycles. The van der Waals surface area contributed by atoms with Gasteiger partial charge < -0.3 is 10.6 Å². The van der Waals surface area contributed by atoms with E-state index in [-0.39, 0.29) is 17.2 Å². The summed E-state index contributed by atoms with van der Waals surface area (Å²) < 4.78 is 1.72. The van der Waals surface area contributed by atoms with Gasteiger partial charge in [0.05, 0.1) is 6.20 Å². The molecule has 5 rings (SSSR count). The molecular weight excluding hydrogens is 316 g/mol. The molecule has 0 spiro atoms. The minimum absolute atomic E-state index is 0.0327. The Morgan fingerprint density at radius 2 is 1.80 bits per heavy atom. The van der Waals surface area contributed by atoms with Crippen molar-refractivity contribution in [3.8, 4) is 0 Å². The lowest BCUT2D eigenvalue weighted by molar-refractivity contribution is -0.146. The van der Waals surface area contributed by atoms with Crippen LogP contribution in [0.25, 0.3) is 0 Å². The number of amides is 2. The highest BCUT2D eigenvalue weighted by atomic mass is 16.2. The first kappa shape index (κ1) is 16.6. The molecular formula is C19H28N4O2. The van der Waals surface area contributed by atoms with E-state index in [2.05, 4.69) is 15.7 Å². The smallest absolute Gasteiger partial charge is 0.226 e. The highest BCUT2D eigenvalue weighted by molar-refractivity contribution is 5.84. The van der Waals surface area contributed by atoms with Crippen molar-refractivity contribution >= 4 is 11.8 Å². The molecule has 25 heavy (non-hydrogen) atoms. The van der Waals surface area contributed by atoms with Crippen LogP contribution in [0.2, 0.25) is 0 Å². The van der Waals surface area contributed by atoms with Crippen LogP contribution >= 0.6 is 0 Å². The van der Waals surface area contributed by atoms with E-state index >= 15 is 0 Å². The van der Waals surface area contributed by atoms with Gasteiger partial charge in [-0.2, -0.15) is 5.10 Å². The van der Waals surface area contributed by atoms with Crippen LogP contribution in [0.1, 0.15) is 50.5 Å². The van der Waals surface area contributed by atoms with Crippen LogP contribution in [-0.2, 0) is 23.2 Å². The fourth-order valence-corrected chi connectivity index (χ4v) is 5.72. The number of hydrogen-bond acceptors (Lipinski definition) is 3. The van der Waals surface area contributed by atoms with Crippen LogP contribution in [0.15, 0.2) is 12.4 Å². The van der Waals surface area contributed by atoms with Gasteiger partial charge in [-0.3, -0.25) is 14.3 Å².